The van der Waals surface area contributed by atoms with Gasteiger partial charge in [-0.1, -0.05) is 109 Å². The van der Waals surface area contributed by atoms with E-state index in [2.05, 4.69) is 109 Å². The van der Waals surface area contributed by atoms with Crippen molar-refractivity contribution in [1.29, 1.82) is 0 Å². The van der Waals surface area contributed by atoms with Gasteiger partial charge in [0.25, 0.3) is 0 Å². The largest absolute Gasteiger partial charge is 0.356 e. The van der Waals surface area contributed by atoms with E-state index in [9.17, 15) is 0 Å². The molecule has 31 heavy (non-hydrogen) atoms. The number of rotatable bonds is 4. The highest BCUT2D eigenvalue weighted by atomic mass is 35.5. The van der Waals surface area contributed by atoms with Crippen LogP contribution in [0.25, 0.3) is 10.8 Å². The first-order valence-electron chi connectivity index (χ1n) is 10.3. The van der Waals surface area contributed by atoms with Crippen LogP contribution in [0.15, 0.2) is 102 Å². The molecule has 5 rings (SSSR count). The van der Waals surface area contributed by atoms with Gasteiger partial charge in [0.05, 0.1) is 6.04 Å². The number of thioether (sulfide) groups is 1. The first-order chi connectivity index (χ1) is 14.8. The minimum Gasteiger partial charge on any atom is -0.356 e. The predicted molar refractivity (Wildman–Crippen MR) is 136 cm³/mol. The van der Waals surface area contributed by atoms with Crippen molar-refractivity contribution in [3.8, 4) is 0 Å². The third-order valence-corrected chi connectivity index (χ3v) is 6.71. The lowest BCUT2D eigenvalue weighted by Crippen LogP contribution is -2.22. The quantitative estimate of drug-likeness (QED) is 0.358. The van der Waals surface area contributed by atoms with E-state index < -0.39 is 0 Å². The lowest BCUT2D eigenvalue weighted by atomic mass is 9.95. The van der Waals surface area contributed by atoms with Crippen molar-refractivity contribution < 1.29 is 0 Å². The number of amidine groups is 1. The average Bonchev–Trinajstić information content (AvgIpc) is 3.24. The van der Waals surface area contributed by atoms with Gasteiger partial charge in [0.2, 0.25) is 0 Å². The number of halogens is 1. The van der Waals surface area contributed by atoms with Gasteiger partial charge in [0, 0.05) is 5.75 Å². The second kappa shape index (κ2) is 9.59. The number of nitrogens with zero attached hydrogens (tertiary/aromatic N) is 1. The molecule has 156 valence electrons. The molecule has 4 aromatic rings. The highest BCUT2D eigenvalue weighted by molar-refractivity contribution is 8.13. The van der Waals surface area contributed by atoms with Crippen LogP contribution in [0.2, 0.25) is 0 Å². The predicted octanol–water partition coefficient (Wildman–Crippen LogP) is 7.25. The van der Waals surface area contributed by atoms with Gasteiger partial charge in [-0.05, 0) is 39.9 Å². The van der Waals surface area contributed by atoms with Crippen LogP contribution in [-0.2, 0) is 5.75 Å². The summed E-state index contributed by atoms with van der Waals surface area (Å²) >= 11 is 1.80. The second-order valence-corrected chi connectivity index (χ2v) is 8.66. The summed E-state index contributed by atoms with van der Waals surface area (Å²) in [5.41, 5.74) is 5.24. The number of hydrogen-bond donors (Lipinski definition) is 1. The minimum atomic E-state index is 0. The maximum atomic E-state index is 5.11. The number of nitrogens with one attached hydrogen (secondary N) is 1. The fourth-order valence-electron chi connectivity index (χ4n) is 4.15. The molecular formula is C27H25ClN2S. The summed E-state index contributed by atoms with van der Waals surface area (Å²) in [6.07, 6.45) is 0. The Morgan fingerprint density at radius 1 is 0.774 bits per heavy atom. The van der Waals surface area contributed by atoms with Crippen LogP contribution in [0, 0.1) is 6.92 Å². The van der Waals surface area contributed by atoms with E-state index in [0.29, 0.717) is 0 Å². The number of fused-ring (bicyclic) bond motifs is 1. The zero-order chi connectivity index (χ0) is 20.3. The maximum Gasteiger partial charge on any atom is 0.158 e. The Kier molecular flexibility index (Phi) is 6.64. The first kappa shape index (κ1) is 21.5. The van der Waals surface area contributed by atoms with Crippen LogP contribution in [0.1, 0.15) is 34.3 Å². The summed E-state index contributed by atoms with van der Waals surface area (Å²) in [5.74, 6) is 0.905. The number of aryl methyl sites for hydroxylation is 1. The Labute approximate surface area is 194 Å². The summed E-state index contributed by atoms with van der Waals surface area (Å²) in [7, 11) is 0. The fraction of sp³-hybridized carbons (Fsp3) is 0.148. The molecule has 0 amide bonds. The summed E-state index contributed by atoms with van der Waals surface area (Å²) in [5, 5.41) is 7.36. The molecule has 1 N–H and O–H groups in total. The molecule has 2 unspecified atom stereocenters. The SMILES string of the molecule is Cc1ccc2ccccc2c1CSC1=NC(c2ccccc2)C(c2ccccc2)N1.Cl. The van der Waals surface area contributed by atoms with Crippen LogP contribution in [0.4, 0.5) is 0 Å². The molecule has 0 fully saturated rings. The molecule has 2 atom stereocenters. The van der Waals surface area contributed by atoms with E-state index in [1.54, 1.807) is 11.8 Å². The number of hydrogen-bond acceptors (Lipinski definition) is 3. The van der Waals surface area contributed by atoms with Crippen molar-refractivity contribution in [3.05, 3.63) is 119 Å². The molecule has 2 nitrogen and oxygen atoms in total. The molecule has 4 heteroatoms. The van der Waals surface area contributed by atoms with Gasteiger partial charge in [-0.25, -0.2) is 0 Å². The molecule has 0 aromatic heterocycles. The molecule has 0 saturated heterocycles. The molecule has 4 aromatic carbocycles. The smallest absolute Gasteiger partial charge is 0.158 e. The van der Waals surface area contributed by atoms with Crippen LogP contribution in [0.5, 0.6) is 0 Å². The van der Waals surface area contributed by atoms with Crippen molar-refractivity contribution in [2.45, 2.75) is 24.8 Å². The minimum absolute atomic E-state index is 0. The van der Waals surface area contributed by atoms with Crippen molar-refractivity contribution in [3.63, 3.8) is 0 Å². The maximum absolute atomic E-state index is 5.11. The fourth-order valence-corrected chi connectivity index (χ4v) is 5.21. The van der Waals surface area contributed by atoms with Crippen molar-refractivity contribution in [1.82, 2.24) is 5.32 Å². The summed E-state index contributed by atoms with van der Waals surface area (Å²) < 4.78 is 0. The van der Waals surface area contributed by atoms with E-state index in [1.807, 2.05) is 0 Å². The van der Waals surface area contributed by atoms with Gasteiger partial charge in [0.1, 0.15) is 6.04 Å². The van der Waals surface area contributed by atoms with Crippen LogP contribution >= 0.6 is 24.2 Å². The van der Waals surface area contributed by atoms with Gasteiger partial charge in [-0.3, -0.25) is 4.99 Å². The highest BCUT2D eigenvalue weighted by Crippen LogP contribution is 2.38. The van der Waals surface area contributed by atoms with Crippen LogP contribution in [0.3, 0.4) is 0 Å². The highest BCUT2D eigenvalue weighted by Gasteiger charge is 2.31. The third kappa shape index (κ3) is 4.48. The van der Waals surface area contributed by atoms with E-state index >= 15 is 0 Å². The molecule has 0 aliphatic carbocycles. The lowest BCUT2D eigenvalue weighted by molar-refractivity contribution is 0.573. The molecule has 0 bridgehead atoms. The number of aliphatic imine (C=N–C) groups is 1. The van der Waals surface area contributed by atoms with E-state index in [4.69, 9.17) is 4.99 Å². The average molecular weight is 445 g/mol. The molecular weight excluding hydrogens is 420 g/mol. The second-order valence-electron chi connectivity index (χ2n) is 7.69. The van der Waals surface area contributed by atoms with Gasteiger partial charge < -0.3 is 5.32 Å². The zero-order valence-electron chi connectivity index (χ0n) is 17.4. The first-order valence-corrected chi connectivity index (χ1v) is 11.3. The summed E-state index contributed by atoms with van der Waals surface area (Å²) in [6, 6.07) is 34.6. The summed E-state index contributed by atoms with van der Waals surface area (Å²) in [4.78, 5) is 5.11. The normalized spacial score (nSPS) is 17.6. The summed E-state index contributed by atoms with van der Waals surface area (Å²) in [6.45, 7) is 2.20. The van der Waals surface area contributed by atoms with E-state index in [1.165, 1.54) is 33.0 Å². The molecule has 1 aliphatic rings. The Morgan fingerprint density at radius 2 is 1.42 bits per heavy atom. The van der Waals surface area contributed by atoms with Crippen molar-refractivity contribution in [2.75, 3.05) is 0 Å². The van der Waals surface area contributed by atoms with E-state index in [0.717, 1.165) is 10.9 Å². The Bertz CT molecular complexity index is 1190. The van der Waals surface area contributed by atoms with E-state index in [-0.39, 0.29) is 24.5 Å². The topological polar surface area (TPSA) is 24.4 Å². The molecule has 0 radical (unpaired) electrons. The third-order valence-electron chi connectivity index (χ3n) is 5.78. The number of benzene rings is 4. The monoisotopic (exact) mass is 444 g/mol. The van der Waals surface area contributed by atoms with Crippen molar-refractivity contribution >= 4 is 40.1 Å². The standard InChI is InChI=1S/C27H24N2S.ClH/c1-19-16-17-20-10-8-9-15-23(20)24(19)18-30-27-28-25(21-11-4-2-5-12-21)26(29-27)22-13-6-3-7-14-22;/h2-17,25-26H,18H2,1H3,(H,28,29);1H. The Balaban J connectivity index is 0.00000231. The van der Waals surface area contributed by atoms with Gasteiger partial charge in [-0.2, -0.15) is 0 Å². The molecule has 1 heterocycles. The van der Waals surface area contributed by atoms with Crippen LogP contribution < -0.4 is 5.32 Å². The van der Waals surface area contributed by atoms with Crippen molar-refractivity contribution in [2.24, 2.45) is 4.99 Å². The molecule has 1 aliphatic heterocycles. The Morgan fingerprint density at radius 3 is 2.16 bits per heavy atom. The van der Waals surface area contributed by atoms with Gasteiger partial charge >= 0.3 is 0 Å². The van der Waals surface area contributed by atoms with Crippen LogP contribution in [-0.4, -0.2) is 5.17 Å². The van der Waals surface area contributed by atoms with Gasteiger partial charge in [0.15, 0.2) is 5.17 Å². The molecule has 0 saturated carbocycles. The molecule has 0 spiro atoms. The lowest BCUT2D eigenvalue weighted by Gasteiger charge is -2.19. The zero-order valence-corrected chi connectivity index (χ0v) is 19.0. The Hall–Kier alpha value is -2.75. The van der Waals surface area contributed by atoms with Gasteiger partial charge in [-0.15, -0.1) is 12.4 Å².